The Morgan fingerprint density at radius 1 is 1.00 bits per heavy atom. The Labute approximate surface area is 187 Å². The predicted molar refractivity (Wildman–Crippen MR) is 128 cm³/mol. The maximum Gasteiger partial charge on any atom is 0.137 e. The van der Waals surface area contributed by atoms with Crippen LogP contribution in [0.2, 0.25) is 0 Å². The molecule has 0 saturated carbocycles. The average Bonchev–Trinajstić information content (AvgIpc) is 2.81. The SMILES string of the molecule is C/C=C(\Oc1cc(OCCCCCCN2CCCCC2)cc(O)c1C)c1ccccc1. The van der Waals surface area contributed by atoms with Crippen molar-refractivity contribution in [2.24, 2.45) is 0 Å². The van der Waals surface area contributed by atoms with Crippen molar-refractivity contribution in [2.75, 3.05) is 26.2 Å². The highest BCUT2D eigenvalue weighted by atomic mass is 16.5. The number of unbranched alkanes of at least 4 members (excludes halogenated alkanes) is 3. The second-order valence-corrected chi connectivity index (χ2v) is 8.35. The molecule has 0 bridgehead atoms. The van der Waals surface area contributed by atoms with Gasteiger partial charge in [-0.1, -0.05) is 49.6 Å². The van der Waals surface area contributed by atoms with Crippen molar-refractivity contribution in [3.05, 3.63) is 59.7 Å². The first-order chi connectivity index (χ1) is 15.2. The highest BCUT2D eigenvalue weighted by Crippen LogP contribution is 2.35. The molecule has 168 valence electrons. The van der Waals surface area contributed by atoms with Gasteiger partial charge in [-0.3, -0.25) is 0 Å². The fourth-order valence-corrected chi connectivity index (χ4v) is 4.01. The molecule has 2 aromatic rings. The summed E-state index contributed by atoms with van der Waals surface area (Å²) in [6.45, 7) is 8.26. The third-order valence-electron chi connectivity index (χ3n) is 5.93. The lowest BCUT2D eigenvalue weighted by Gasteiger charge is -2.26. The zero-order chi connectivity index (χ0) is 21.9. The normalized spacial score (nSPS) is 15.1. The van der Waals surface area contributed by atoms with E-state index in [1.807, 2.05) is 56.3 Å². The number of rotatable bonds is 11. The Morgan fingerprint density at radius 2 is 1.74 bits per heavy atom. The van der Waals surface area contributed by atoms with Gasteiger partial charge in [-0.15, -0.1) is 0 Å². The Balaban J connectivity index is 1.45. The van der Waals surface area contributed by atoms with Crippen molar-refractivity contribution in [1.82, 2.24) is 4.90 Å². The predicted octanol–water partition coefficient (Wildman–Crippen LogP) is 6.57. The monoisotopic (exact) mass is 423 g/mol. The van der Waals surface area contributed by atoms with Crippen LogP contribution < -0.4 is 9.47 Å². The number of hydrogen-bond acceptors (Lipinski definition) is 4. The summed E-state index contributed by atoms with van der Waals surface area (Å²) >= 11 is 0. The van der Waals surface area contributed by atoms with Crippen LogP contribution in [0.15, 0.2) is 48.5 Å². The minimum Gasteiger partial charge on any atom is -0.507 e. The van der Waals surface area contributed by atoms with Crippen LogP contribution in [-0.2, 0) is 0 Å². The standard InChI is InChI=1S/C27H37NO3/c1-3-26(23-14-8-6-9-15-23)31-27-21-24(20-25(29)22(27)2)30-19-13-5-4-10-16-28-17-11-7-12-18-28/h3,6,8-9,14-15,20-21,29H,4-5,7,10-13,16-19H2,1-2H3/b26-3-. The van der Waals surface area contributed by atoms with Crippen molar-refractivity contribution >= 4 is 5.76 Å². The zero-order valence-corrected chi connectivity index (χ0v) is 19.1. The van der Waals surface area contributed by atoms with E-state index in [9.17, 15) is 5.11 Å². The molecular weight excluding hydrogens is 386 g/mol. The van der Waals surface area contributed by atoms with E-state index in [0.717, 1.165) is 17.7 Å². The maximum absolute atomic E-state index is 10.3. The number of phenols is 1. The van der Waals surface area contributed by atoms with Gasteiger partial charge >= 0.3 is 0 Å². The molecule has 1 fully saturated rings. The van der Waals surface area contributed by atoms with E-state index in [2.05, 4.69) is 4.90 Å². The van der Waals surface area contributed by atoms with E-state index in [0.29, 0.717) is 23.7 Å². The first-order valence-electron chi connectivity index (χ1n) is 11.8. The smallest absolute Gasteiger partial charge is 0.137 e. The van der Waals surface area contributed by atoms with E-state index in [1.165, 1.54) is 58.2 Å². The quantitative estimate of drug-likeness (QED) is 0.328. The summed E-state index contributed by atoms with van der Waals surface area (Å²) in [7, 11) is 0. The van der Waals surface area contributed by atoms with Gasteiger partial charge in [-0.05, 0) is 65.2 Å². The molecule has 0 unspecified atom stereocenters. The van der Waals surface area contributed by atoms with Gasteiger partial charge in [0.15, 0.2) is 0 Å². The number of benzene rings is 2. The van der Waals surface area contributed by atoms with E-state index in [4.69, 9.17) is 9.47 Å². The second-order valence-electron chi connectivity index (χ2n) is 8.35. The molecule has 2 aromatic carbocycles. The Kier molecular flexibility index (Phi) is 9.29. The van der Waals surface area contributed by atoms with Gasteiger partial charge in [0, 0.05) is 23.3 Å². The van der Waals surface area contributed by atoms with Crippen LogP contribution in [0.4, 0.5) is 0 Å². The third-order valence-corrected chi connectivity index (χ3v) is 5.93. The first kappa shape index (κ1) is 23.2. The fourth-order valence-electron chi connectivity index (χ4n) is 4.01. The van der Waals surface area contributed by atoms with Crippen molar-refractivity contribution < 1.29 is 14.6 Å². The molecule has 4 nitrogen and oxygen atoms in total. The summed E-state index contributed by atoms with van der Waals surface area (Å²) in [5, 5.41) is 10.3. The van der Waals surface area contributed by atoms with Crippen LogP contribution in [0, 0.1) is 6.92 Å². The Hall–Kier alpha value is -2.46. The number of nitrogens with zero attached hydrogens (tertiary/aromatic N) is 1. The topological polar surface area (TPSA) is 41.9 Å². The number of piperidine rings is 1. The molecular formula is C27H37NO3. The first-order valence-corrected chi connectivity index (χ1v) is 11.8. The van der Waals surface area contributed by atoms with Crippen LogP contribution >= 0.6 is 0 Å². The lowest BCUT2D eigenvalue weighted by Crippen LogP contribution is -2.30. The number of phenolic OH excluding ortho intramolecular Hbond substituents is 1. The van der Waals surface area contributed by atoms with Gasteiger partial charge in [-0.2, -0.15) is 0 Å². The molecule has 3 rings (SSSR count). The Bertz CT molecular complexity index is 826. The largest absolute Gasteiger partial charge is 0.507 e. The van der Waals surface area contributed by atoms with Crippen LogP contribution in [0.3, 0.4) is 0 Å². The van der Waals surface area contributed by atoms with E-state index in [-0.39, 0.29) is 5.75 Å². The second kappa shape index (κ2) is 12.4. The third kappa shape index (κ3) is 7.32. The number of aromatic hydroxyl groups is 1. The zero-order valence-electron chi connectivity index (χ0n) is 19.1. The summed E-state index contributed by atoms with van der Waals surface area (Å²) in [4.78, 5) is 2.60. The molecule has 31 heavy (non-hydrogen) atoms. The lowest BCUT2D eigenvalue weighted by molar-refractivity contribution is 0.223. The van der Waals surface area contributed by atoms with E-state index < -0.39 is 0 Å². The average molecular weight is 424 g/mol. The minimum atomic E-state index is 0.192. The van der Waals surface area contributed by atoms with Crippen molar-refractivity contribution in [1.29, 1.82) is 0 Å². The van der Waals surface area contributed by atoms with Gasteiger partial charge in [0.1, 0.15) is 23.0 Å². The summed E-state index contributed by atoms with van der Waals surface area (Å²) in [6, 6.07) is 13.5. The van der Waals surface area contributed by atoms with Crippen molar-refractivity contribution in [3.63, 3.8) is 0 Å². The lowest BCUT2D eigenvalue weighted by atomic mass is 10.1. The molecule has 4 heteroatoms. The number of hydrogen-bond donors (Lipinski definition) is 1. The van der Waals surface area contributed by atoms with Gasteiger partial charge in [0.05, 0.1) is 6.61 Å². The van der Waals surface area contributed by atoms with Crippen molar-refractivity contribution in [2.45, 2.75) is 58.8 Å². The van der Waals surface area contributed by atoms with Crippen LogP contribution in [0.5, 0.6) is 17.2 Å². The summed E-state index contributed by atoms with van der Waals surface area (Å²) in [5.41, 5.74) is 1.71. The maximum atomic E-state index is 10.3. The molecule has 0 aromatic heterocycles. The molecule has 1 N–H and O–H groups in total. The van der Waals surface area contributed by atoms with E-state index in [1.54, 1.807) is 6.07 Å². The molecule has 1 heterocycles. The van der Waals surface area contributed by atoms with E-state index >= 15 is 0 Å². The summed E-state index contributed by atoms with van der Waals surface area (Å²) in [5.74, 6) is 2.22. The highest BCUT2D eigenvalue weighted by molar-refractivity contribution is 5.63. The molecule has 1 aliphatic rings. The van der Waals surface area contributed by atoms with Crippen molar-refractivity contribution in [3.8, 4) is 17.2 Å². The Morgan fingerprint density at radius 3 is 2.48 bits per heavy atom. The summed E-state index contributed by atoms with van der Waals surface area (Å²) < 4.78 is 12.1. The molecule has 1 aliphatic heterocycles. The number of allylic oxidation sites excluding steroid dienone is 1. The molecule has 1 saturated heterocycles. The van der Waals surface area contributed by atoms with Gasteiger partial charge < -0.3 is 19.5 Å². The number of ether oxygens (including phenoxy) is 2. The number of likely N-dealkylation sites (tertiary alicyclic amines) is 1. The molecule has 0 radical (unpaired) electrons. The molecule has 0 atom stereocenters. The molecule has 0 aliphatic carbocycles. The van der Waals surface area contributed by atoms with Gasteiger partial charge in [0.2, 0.25) is 0 Å². The molecule has 0 spiro atoms. The fraction of sp³-hybridized carbons (Fsp3) is 0.481. The van der Waals surface area contributed by atoms with Crippen LogP contribution in [0.25, 0.3) is 5.76 Å². The summed E-state index contributed by atoms with van der Waals surface area (Å²) in [6.07, 6.45) is 10.8. The van der Waals surface area contributed by atoms with Gasteiger partial charge in [-0.25, -0.2) is 0 Å². The molecule has 0 amide bonds. The highest BCUT2D eigenvalue weighted by Gasteiger charge is 2.12. The van der Waals surface area contributed by atoms with Crippen LogP contribution in [-0.4, -0.2) is 36.2 Å². The van der Waals surface area contributed by atoms with Crippen LogP contribution in [0.1, 0.15) is 63.0 Å². The minimum absolute atomic E-state index is 0.192. The van der Waals surface area contributed by atoms with Gasteiger partial charge in [0.25, 0.3) is 0 Å².